The summed E-state index contributed by atoms with van der Waals surface area (Å²) in [5.74, 6) is 0.718. The number of hydrogen-bond acceptors (Lipinski definition) is 2. The molecule has 2 aromatic carbocycles. The lowest BCUT2D eigenvalue weighted by molar-refractivity contribution is 0.238. The highest BCUT2D eigenvalue weighted by Crippen LogP contribution is 2.35. The molecular weight excluding hydrogens is 280 g/mol. The zero-order valence-electron chi connectivity index (χ0n) is 14.0. The molecule has 1 aliphatic heterocycles. The van der Waals surface area contributed by atoms with Gasteiger partial charge in [0.2, 0.25) is 0 Å². The Morgan fingerprint density at radius 2 is 1.78 bits per heavy atom. The van der Waals surface area contributed by atoms with Crippen LogP contribution in [0.5, 0.6) is 0 Å². The third-order valence-corrected chi connectivity index (χ3v) is 5.60. The van der Waals surface area contributed by atoms with Crippen molar-refractivity contribution in [2.75, 3.05) is 24.7 Å². The van der Waals surface area contributed by atoms with E-state index in [1.807, 2.05) is 0 Å². The molecule has 2 aliphatic rings. The molecule has 2 aromatic rings. The first-order chi connectivity index (χ1) is 11.3. The van der Waals surface area contributed by atoms with Crippen molar-refractivity contribution in [3.05, 3.63) is 65.7 Å². The van der Waals surface area contributed by atoms with Gasteiger partial charge in [0.1, 0.15) is 0 Å². The Bertz CT molecular complexity index is 652. The quantitative estimate of drug-likeness (QED) is 0.832. The molecule has 2 heteroatoms. The maximum atomic E-state index is 2.71. The second-order valence-corrected chi connectivity index (χ2v) is 6.97. The average molecular weight is 306 g/mol. The molecule has 120 valence electrons. The van der Waals surface area contributed by atoms with E-state index in [1.165, 1.54) is 31.5 Å². The molecule has 23 heavy (non-hydrogen) atoms. The molecule has 0 saturated carbocycles. The molecule has 1 saturated heterocycles. The lowest BCUT2D eigenvalue weighted by Gasteiger charge is -2.26. The largest absolute Gasteiger partial charge is 0.357 e. The van der Waals surface area contributed by atoms with Crippen molar-refractivity contribution in [1.82, 2.24) is 4.90 Å². The maximum absolute atomic E-state index is 2.71. The van der Waals surface area contributed by atoms with E-state index in [9.17, 15) is 0 Å². The van der Waals surface area contributed by atoms with Crippen molar-refractivity contribution in [2.45, 2.75) is 38.1 Å². The molecule has 0 spiro atoms. The predicted octanol–water partition coefficient (Wildman–Crippen LogP) is 4.27. The normalized spacial score (nSPS) is 24.1. The zero-order valence-corrected chi connectivity index (χ0v) is 14.0. The molecular formula is C21H26N2. The van der Waals surface area contributed by atoms with Crippen LogP contribution in [0.1, 0.15) is 36.8 Å². The van der Waals surface area contributed by atoms with E-state index in [2.05, 4.69) is 71.3 Å². The van der Waals surface area contributed by atoms with Crippen LogP contribution in [-0.2, 0) is 6.42 Å². The van der Waals surface area contributed by atoms with Gasteiger partial charge in [0.15, 0.2) is 0 Å². The number of aryl methyl sites for hydroxylation is 1. The van der Waals surface area contributed by atoms with Crippen LogP contribution in [0.3, 0.4) is 0 Å². The van der Waals surface area contributed by atoms with Crippen LogP contribution in [-0.4, -0.2) is 30.7 Å². The Hall–Kier alpha value is -1.80. The van der Waals surface area contributed by atoms with Crippen molar-refractivity contribution >= 4 is 5.69 Å². The molecule has 1 fully saturated rings. The van der Waals surface area contributed by atoms with Crippen molar-refractivity contribution in [1.29, 1.82) is 0 Å². The van der Waals surface area contributed by atoms with Gasteiger partial charge in [0.05, 0.1) is 6.67 Å². The summed E-state index contributed by atoms with van der Waals surface area (Å²) in [5.41, 5.74) is 4.53. The minimum atomic E-state index is 0.683. The number of rotatable bonds is 4. The Labute approximate surface area is 139 Å². The number of para-hydroxylation sites is 1. The Morgan fingerprint density at radius 1 is 1.00 bits per heavy atom. The maximum Gasteiger partial charge on any atom is 0.0711 e. The van der Waals surface area contributed by atoms with Crippen LogP contribution < -0.4 is 4.90 Å². The van der Waals surface area contributed by atoms with Gasteiger partial charge in [-0.3, -0.25) is 4.90 Å². The lowest BCUT2D eigenvalue weighted by atomic mass is 10.0. The molecule has 1 heterocycles. The minimum absolute atomic E-state index is 0.683. The fraction of sp³-hybridized carbons (Fsp3) is 0.429. The van der Waals surface area contributed by atoms with Crippen LogP contribution in [0.25, 0.3) is 0 Å². The van der Waals surface area contributed by atoms with Crippen molar-refractivity contribution in [2.24, 2.45) is 0 Å². The molecule has 0 aromatic heterocycles. The first-order valence-corrected chi connectivity index (χ1v) is 8.97. The van der Waals surface area contributed by atoms with Gasteiger partial charge in [-0.05, 0) is 48.4 Å². The molecule has 2 atom stereocenters. The van der Waals surface area contributed by atoms with Crippen LogP contribution in [0.15, 0.2) is 54.6 Å². The molecule has 0 bridgehead atoms. The first-order valence-electron chi connectivity index (χ1n) is 8.97. The molecule has 2 nitrogen and oxygen atoms in total. The van der Waals surface area contributed by atoms with Crippen molar-refractivity contribution in [3.63, 3.8) is 0 Å². The smallest absolute Gasteiger partial charge is 0.0711 e. The summed E-state index contributed by atoms with van der Waals surface area (Å²) in [7, 11) is 0. The lowest BCUT2D eigenvalue weighted by Crippen LogP contribution is -2.34. The summed E-state index contributed by atoms with van der Waals surface area (Å²) in [4.78, 5) is 5.24. The monoisotopic (exact) mass is 306 g/mol. The van der Waals surface area contributed by atoms with Crippen LogP contribution in [0, 0.1) is 0 Å². The second kappa shape index (κ2) is 6.37. The molecule has 0 radical (unpaired) electrons. The van der Waals surface area contributed by atoms with Crippen molar-refractivity contribution in [3.8, 4) is 0 Å². The molecule has 4 rings (SSSR count). The highest BCUT2D eigenvalue weighted by molar-refractivity contribution is 5.47. The van der Waals surface area contributed by atoms with Gasteiger partial charge in [-0.1, -0.05) is 49.4 Å². The van der Waals surface area contributed by atoms with E-state index in [1.54, 1.807) is 11.1 Å². The zero-order chi connectivity index (χ0) is 15.6. The van der Waals surface area contributed by atoms with Gasteiger partial charge in [-0.25, -0.2) is 0 Å². The number of fused-ring (bicyclic) bond motifs is 1. The number of nitrogens with zero attached hydrogens (tertiary/aromatic N) is 2. The van der Waals surface area contributed by atoms with Crippen LogP contribution in [0.2, 0.25) is 0 Å². The SMILES string of the molecule is CCC1CN(c2ccccc2)CN1CC1CCc2ccccc21. The van der Waals surface area contributed by atoms with Crippen LogP contribution in [0.4, 0.5) is 5.69 Å². The van der Waals surface area contributed by atoms with E-state index in [0.29, 0.717) is 6.04 Å². The molecule has 1 aliphatic carbocycles. The summed E-state index contributed by atoms with van der Waals surface area (Å²) in [6.07, 6.45) is 3.81. The topological polar surface area (TPSA) is 6.48 Å². The summed E-state index contributed by atoms with van der Waals surface area (Å²) < 4.78 is 0. The summed E-state index contributed by atoms with van der Waals surface area (Å²) in [6.45, 7) is 5.77. The number of benzene rings is 2. The van der Waals surface area contributed by atoms with E-state index in [0.717, 1.165) is 19.1 Å². The van der Waals surface area contributed by atoms with Gasteiger partial charge < -0.3 is 4.90 Å². The molecule has 0 N–H and O–H groups in total. The van der Waals surface area contributed by atoms with E-state index < -0.39 is 0 Å². The van der Waals surface area contributed by atoms with E-state index >= 15 is 0 Å². The van der Waals surface area contributed by atoms with Gasteiger partial charge in [-0.15, -0.1) is 0 Å². The molecule has 2 unspecified atom stereocenters. The second-order valence-electron chi connectivity index (χ2n) is 6.97. The first kappa shape index (κ1) is 14.8. The van der Waals surface area contributed by atoms with E-state index in [4.69, 9.17) is 0 Å². The van der Waals surface area contributed by atoms with Crippen LogP contribution >= 0.6 is 0 Å². The number of anilines is 1. The van der Waals surface area contributed by atoms with E-state index in [-0.39, 0.29) is 0 Å². The summed E-state index contributed by atoms with van der Waals surface area (Å²) >= 11 is 0. The Kier molecular flexibility index (Phi) is 4.09. The van der Waals surface area contributed by atoms with Gasteiger partial charge in [0.25, 0.3) is 0 Å². The Balaban J connectivity index is 1.49. The van der Waals surface area contributed by atoms with Gasteiger partial charge in [0, 0.05) is 24.8 Å². The average Bonchev–Trinajstić information content (AvgIpc) is 3.21. The highest BCUT2D eigenvalue weighted by atomic mass is 15.4. The number of hydrogen-bond donors (Lipinski definition) is 0. The summed E-state index contributed by atoms with van der Waals surface area (Å²) in [5, 5.41) is 0. The fourth-order valence-corrected chi connectivity index (χ4v) is 4.30. The van der Waals surface area contributed by atoms with Crippen molar-refractivity contribution < 1.29 is 0 Å². The van der Waals surface area contributed by atoms with Gasteiger partial charge >= 0.3 is 0 Å². The fourth-order valence-electron chi connectivity index (χ4n) is 4.30. The predicted molar refractivity (Wildman–Crippen MR) is 96.9 cm³/mol. The minimum Gasteiger partial charge on any atom is -0.357 e. The highest BCUT2D eigenvalue weighted by Gasteiger charge is 2.32. The van der Waals surface area contributed by atoms with Gasteiger partial charge in [-0.2, -0.15) is 0 Å². The molecule has 0 amide bonds. The Morgan fingerprint density at radius 3 is 2.61 bits per heavy atom. The third-order valence-electron chi connectivity index (χ3n) is 5.60. The standard InChI is InChI=1S/C21H26N2/c1-2-19-15-23(20-9-4-3-5-10-20)16-22(19)14-18-13-12-17-8-6-7-11-21(17)18/h3-11,18-19H,2,12-16H2,1H3. The summed E-state index contributed by atoms with van der Waals surface area (Å²) in [6, 6.07) is 20.6. The third kappa shape index (κ3) is 2.88.